The number of aryl methyl sites for hydroxylation is 2. The number of aliphatic hydroxyl groups excluding tert-OH is 1. The Labute approximate surface area is 731 Å². The number of amides is 2. The van der Waals surface area contributed by atoms with E-state index in [1.54, 1.807) is 93.3 Å². The molecule has 0 radical (unpaired) electrons. The van der Waals surface area contributed by atoms with Crippen LogP contribution in [-0.2, 0) is 11.3 Å². The van der Waals surface area contributed by atoms with Gasteiger partial charge in [0.1, 0.15) is 41.3 Å². The molecule has 0 atom stereocenters. The summed E-state index contributed by atoms with van der Waals surface area (Å²) in [4.78, 5) is 66.7. The number of fused-ring (bicyclic) bond motifs is 4. The number of aromatic nitrogens is 8. The lowest BCUT2D eigenvalue weighted by atomic mass is 10.0. The van der Waals surface area contributed by atoms with Gasteiger partial charge in [0.15, 0.2) is 46.0 Å². The topological polar surface area (TPSA) is 424 Å². The van der Waals surface area contributed by atoms with Crippen molar-refractivity contribution in [3.63, 3.8) is 0 Å². The zero-order valence-electron chi connectivity index (χ0n) is 73.2. The number of piperidine rings is 1. The van der Waals surface area contributed by atoms with Crippen LogP contribution in [0.5, 0.6) is 51.7 Å². The van der Waals surface area contributed by atoms with Crippen molar-refractivity contribution in [3.05, 3.63) is 209 Å². The summed E-state index contributed by atoms with van der Waals surface area (Å²) in [5, 5.41) is 40.4. The molecule has 654 valence electrons. The number of carbonyl (C=O) groups is 2. The molecule has 1 fully saturated rings. The Morgan fingerprint density at radius 2 is 1.01 bits per heavy atom. The van der Waals surface area contributed by atoms with E-state index in [4.69, 9.17) is 75.8 Å². The van der Waals surface area contributed by atoms with Crippen LogP contribution in [0.3, 0.4) is 0 Å². The van der Waals surface area contributed by atoms with Crippen LogP contribution < -0.4 is 86.0 Å². The Morgan fingerprint density at radius 3 is 1.55 bits per heavy atom. The minimum atomic E-state index is -0.285. The SMILES string of the molecule is CCC(=N)c1cccc(Nc2nc(N)nc3cc(OC)c(OC)cc23)c1.COc1cc2nc(C)nc(N(C)c3ccc(C(=N)CO)cc3)c2cc1OC.COc1cc2nc(N)nc(C#Cc3cc(C(=O)NCc4ccc(OCCN(C)C)cc4)ccc3C)c2cc1OC.COc1cc2nc(N)nc(Nc3ccc(NC(=O)CCN4CCCCC4)cc3)c2cc1OC. The molecule has 13 N–H and O–H groups in total. The van der Waals surface area contributed by atoms with Crippen molar-refractivity contribution in [2.24, 2.45) is 0 Å². The molecule has 2 amide bonds. The minimum absolute atomic E-state index is 0.0249. The number of likely N-dealkylation sites (N-methyl/N-ethyl adjacent to an activating group) is 1. The first-order valence-electron chi connectivity index (χ1n) is 40.5. The molecule has 32 heteroatoms. The number of methoxy groups -OCH3 is 8. The van der Waals surface area contributed by atoms with Gasteiger partial charge < -0.3 is 112 Å². The van der Waals surface area contributed by atoms with E-state index < -0.39 is 0 Å². The van der Waals surface area contributed by atoms with Crippen LogP contribution in [0.25, 0.3) is 43.6 Å². The number of nitrogen functional groups attached to an aromatic ring is 3. The number of carbonyl (C=O) groups excluding carboxylic acids is 2. The Hall–Kier alpha value is -14.9. The number of nitrogens with two attached hydrogens (primary N) is 3. The zero-order chi connectivity index (χ0) is 90.1. The third kappa shape index (κ3) is 23.9. The average molecular weight is 1710 g/mol. The van der Waals surface area contributed by atoms with Gasteiger partial charge in [0.25, 0.3) is 5.91 Å². The van der Waals surface area contributed by atoms with Crippen molar-refractivity contribution >= 4 is 125 Å². The van der Waals surface area contributed by atoms with Gasteiger partial charge in [0.2, 0.25) is 23.8 Å². The predicted molar refractivity (Wildman–Crippen MR) is 496 cm³/mol. The molecule has 1 aliphatic heterocycles. The standard InChI is InChI=1S/C31H33N5O4.C24H30N6O3.C20H22N4O3.C19H21N5O2/c1-20-6-9-23(30(37)33-19-21-7-11-24(12-8-21)40-15-14-36(2)3)16-22(20)10-13-26-25-17-28(38-4)29(39-5)18-27(25)35-31(32)34-26;1-32-20-14-18-19(15-21(20)33-2)28-24(25)29-23(18)27-17-8-6-16(7-9-17)26-22(31)10-13-30-11-4-3-5-12-30;1-12-22-17-10-19(27-4)18(26-3)9-15(17)20(23-12)24(2)14-7-5-13(6-8-14)16(21)11-25;1-4-14(20)11-6-5-7-12(8-11)22-18-13-9-16(25-2)17(26-3)10-15(13)23-19(21)24-18/h6-9,11-12,16-18H,14-15,19H2,1-5H3,(H,33,37)(H2,32,34,35);6-9,14-15H,3-5,10-13H2,1-2H3,(H,26,31)(H3,25,27,28,29);5-10,21,25H,11H2,1-4H3;5-10,20H,4H2,1-3H3,(H3,21,22,23,24). The number of nitrogens with one attached hydrogen (secondary N) is 6. The molecule has 13 aromatic rings. The van der Waals surface area contributed by atoms with Crippen molar-refractivity contribution in [2.45, 2.75) is 59.4 Å². The summed E-state index contributed by atoms with van der Waals surface area (Å²) in [6, 6.07) is 50.0. The third-order valence-electron chi connectivity index (χ3n) is 20.4. The second-order valence-corrected chi connectivity index (χ2v) is 29.2. The highest BCUT2D eigenvalue weighted by atomic mass is 16.5. The fourth-order valence-electron chi connectivity index (χ4n) is 13.5. The molecule has 0 bridgehead atoms. The number of benzene rings is 9. The van der Waals surface area contributed by atoms with Gasteiger partial charge in [-0.25, -0.2) is 29.9 Å². The van der Waals surface area contributed by atoms with Crippen LogP contribution >= 0.6 is 0 Å². The maximum Gasteiger partial charge on any atom is 0.251 e. The Morgan fingerprint density at radius 1 is 0.508 bits per heavy atom. The number of rotatable bonds is 29. The summed E-state index contributed by atoms with van der Waals surface area (Å²) in [6.45, 7) is 10.3. The lowest BCUT2D eigenvalue weighted by Crippen LogP contribution is -2.32. The molecule has 9 aromatic carbocycles. The highest BCUT2D eigenvalue weighted by Gasteiger charge is 2.21. The van der Waals surface area contributed by atoms with Crippen molar-refractivity contribution < 1.29 is 57.3 Å². The second kappa shape index (κ2) is 43.7. The van der Waals surface area contributed by atoms with Crippen molar-refractivity contribution in [1.29, 1.82) is 10.8 Å². The number of anilines is 10. The molecule has 1 aliphatic rings. The fraction of sp³-hybridized carbons (Fsp3) is 0.277. The van der Waals surface area contributed by atoms with Gasteiger partial charge in [0.05, 0.1) is 91.3 Å². The summed E-state index contributed by atoms with van der Waals surface area (Å²) >= 11 is 0. The molecule has 0 aliphatic carbocycles. The number of hydrogen-bond acceptors (Lipinski definition) is 30. The fourth-order valence-corrected chi connectivity index (χ4v) is 13.5. The quantitative estimate of drug-likeness (QED) is 0.0154. The van der Waals surface area contributed by atoms with Crippen LogP contribution in [0.15, 0.2) is 164 Å². The molecular formula is C94H106N20O12. The average Bonchev–Trinajstić information content (AvgIpc) is 0.822. The molecule has 32 nitrogen and oxygen atoms in total. The molecule has 0 spiro atoms. The first kappa shape index (κ1) is 91.8. The maximum absolute atomic E-state index is 12.9. The van der Waals surface area contributed by atoms with Crippen LogP contribution in [0.2, 0.25) is 0 Å². The Kier molecular flexibility index (Phi) is 31.8. The molecule has 4 aromatic heterocycles. The normalized spacial score (nSPS) is 11.6. The van der Waals surface area contributed by atoms with Gasteiger partial charge in [-0.1, -0.05) is 61.7 Å². The monoisotopic (exact) mass is 1710 g/mol. The van der Waals surface area contributed by atoms with Gasteiger partial charge in [-0.05, 0) is 186 Å². The number of ether oxygens (including phenoxy) is 9. The van der Waals surface area contributed by atoms with Gasteiger partial charge >= 0.3 is 0 Å². The molecule has 0 unspecified atom stereocenters. The van der Waals surface area contributed by atoms with Crippen molar-refractivity contribution in [2.75, 3.05) is 155 Å². The van der Waals surface area contributed by atoms with E-state index >= 15 is 0 Å². The molecular weight excluding hydrogens is 1600 g/mol. The van der Waals surface area contributed by atoms with E-state index in [1.165, 1.54) is 19.3 Å². The highest BCUT2D eigenvalue weighted by Crippen LogP contribution is 2.40. The number of likely N-dealkylation sites (tertiary alicyclic amines) is 1. The molecule has 14 rings (SSSR count). The summed E-state index contributed by atoms with van der Waals surface area (Å²) in [5.74, 6) is 14.4. The third-order valence-corrected chi connectivity index (χ3v) is 20.4. The van der Waals surface area contributed by atoms with Crippen LogP contribution in [0.4, 0.5) is 58.0 Å². The molecule has 126 heavy (non-hydrogen) atoms. The van der Waals surface area contributed by atoms with Gasteiger partial charge in [0, 0.05) is 119 Å². The van der Waals surface area contributed by atoms with Crippen LogP contribution in [0.1, 0.15) is 88.7 Å². The summed E-state index contributed by atoms with van der Waals surface area (Å²) in [6.07, 6.45) is 4.91. The molecule has 1 saturated heterocycles. The van der Waals surface area contributed by atoms with Crippen molar-refractivity contribution in [1.82, 2.24) is 55.0 Å². The summed E-state index contributed by atoms with van der Waals surface area (Å²) in [7, 11) is 18.5. The lowest BCUT2D eigenvalue weighted by molar-refractivity contribution is -0.116. The van der Waals surface area contributed by atoms with E-state index in [0.29, 0.717) is 139 Å². The van der Waals surface area contributed by atoms with E-state index in [0.717, 1.165) is 98.9 Å². The molecule has 0 saturated carbocycles. The predicted octanol–water partition coefficient (Wildman–Crippen LogP) is 14.4. The van der Waals surface area contributed by atoms with E-state index in [9.17, 15) is 9.59 Å². The summed E-state index contributed by atoms with van der Waals surface area (Å²) in [5.41, 5.74) is 29.5. The summed E-state index contributed by atoms with van der Waals surface area (Å²) < 4.78 is 48.8. The van der Waals surface area contributed by atoms with Crippen LogP contribution in [0, 0.1) is 36.5 Å². The smallest absolute Gasteiger partial charge is 0.251 e. The van der Waals surface area contributed by atoms with Crippen LogP contribution in [-0.4, -0.2) is 195 Å². The maximum atomic E-state index is 12.9. The Bertz CT molecular complexity index is 6110. The largest absolute Gasteiger partial charge is 0.493 e. The van der Waals surface area contributed by atoms with E-state index in [2.05, 4.69) is 82.8 Å². The molecule has 5 heterocycles. The minimum Gasteiger partial charge on any atom is -0.493 e. The van der Waals surface area contributed by atoms with E-state index in [-0.39, 0.29) is 42.0 Å². The van der Waals surface area contributed by atoms with Gasteiger partial charge in [-0.3, -0.25) is 9.59 Å². The van der Waals surface area contributed by atoms with Gasteiger partial charge in [-0.2, -0.15) is 9.97 Å². The number of aliphatic hydroxyl groups is 1. The Balaban J connectivity index is 0.000000165. The number of nitrogens with zero attached hydrogens (tertiary/aromatic N) is 11. The highest BCUT2D eigenvalue weighted by molar-refractivity contribution is 6.02. The first-order chi connectivity index (χ1) is 60.8. The van der Waals surface area contributed by atoms with Gasteiger partial charge in [-0.15, -0.1) is 0 Å². The number of hydrogen-bond donors (Lipinski definition) is 10. The van der Waals surface area contributed by atoms with Crippen molar-refractivity contribution in [3.8, 4) is 63.6 Å². The van der Waals surface area contributed by atoms with E-state index in [1.807, 2.05) is 174 Å². The first-order valence-corrected chi connectivity index (χ1v) is 40.5. The zero-order valence-corrected chi connectivity index (χ0v) is 73.2. The lowest BCUT2D eigenvalue weighted by Gasteiger charge is -2.25. The second-order valence-electron chi connectivity index (χ2n) is 29.2.